The number of amides is 1. The van der Waals surface area contributed by atoms with Crippen molar-refractivity contribution >= 4 is 34.4 Å². The lowest BCUT2D eigenvalue weighted by molar-refractivity contribution is -0.116. The number of benzene rings is 2. The molecule has 6 nitrogen and oxygen atoms in total. The van der Waals surface area contributed by atoms with Crippen LogP contribution in [0.5, 0.6) is 0 Å². The summed E-state index contributed by atoms with van der Waals surface area (Å²) in [6.45, 7) is 2.03. The first-order chi connectivity index (χ1) is 14.6. The number of hydrogen-bond acceptors (Lipinski definition) is 4. The fourth-order valence-electron chi connectivity index (χ4n) is 3.44. The summed E-state index contributed by atoms with van der Waals surface area (Å²) in [5.74, 6) is -0.226. The predicted molar refractivity (Wildman–Crippen MR) is 122 cm³/mol. The molecule has 4 aromatic rings. The molecule has 0 aliphatic carbocycles. The SMILES string of the molecule is CCc1cccc(-n2c(=O)c3cccnc3n2CC(=O)Nc2cccc(SC)c2)c1. The number of carbonyl (C=O) groups excluding carboxylic acids is 1. The Kier molecular flexibility index (Phi) is 5.72. The monoisotopic (exact) mass is 418 g/mol. The van der Waals surface area contributed by atoms with Crippen molar-refractivity contribution in [3.05, 3.63) is 82.8 Å². The summed E-state index contributed by atoms with van der Waals surface area (Å²) in [5, 5.41) is 3.41. The Hall–Kier alpha value is -3.32. The number of aryl methyl sites for hydroxylation is 1. The van der Waals surface area contributed by atoms with Crippen molar-refractivity contribution in [2.45, 2.75) is 24.8 Å². The first kappa shape index (κ1) is 20.0. The fourth-order valence-corrected chi connectivity index (χ4v) is 3.90. The second-order valence-electron chi connectivity index (χ2n) is 6.85. The third kappa shape index (κ3) is 3.89. The van der Waals surface area contributed by atoms with Gasteiger partial charge in [-0.2, -0.15) is 0 Å². The topological polar surface area (TPSA) is 68.9 Å². The molecule has 0 bridgehead atoms. The van der Waals surface area contributed by atoms with Gasteiger partial charge < -0.3 is 5.32 Å². The number of thioether (sulfide) groups is 1. The van der Waals surface area contributed by atoms with Crippen LogP contribution in [0.4, 0.5) is 5.69 Å². The molecule has 0 spiro atoms. The Balaban J connectivity index is 1.75. The van der Waals surface area contributed by atoms with Crippen LogP contribution in [-0.4, -0.2) is 26.5 Å². The van der Waals surface area contributed by atoms with E-state index >= 15 is 0 Å². The maximum atomic E-state index is 13.1. The number of hydrogen-bond donors (Lipinski definition) is 1. The number of rotatable bonds is 6. The lowest BCUT2D eigenvalue weighted by Crippen LogP contribution is -2.27. The molecule has 1 amide bonds. The summed E-state index contributed by atoms with van der Waals surface area (Å²) >= 11 is 1.61. The van der Waals surface area contributed by atoms with Gasteiger partial charge >= 0.3 is 0 Å². The van der Waals surface area contributed by atoms with Crippen LogP contribution in [0.15, 0.2) is 76.6 Å². The minimum atomic E-state index is -0.226. The van der Waals surface area contributed by atoms with Gasteiger partial charge in [-0.1, -0.05) is 25.1 Å². The van der Waals surface area contributed by atoms with Crippen LogP contribution in [0.2, 0.25) is 0 Å². The lowest BCUT2D eigenvalue weighted by atomic mass is 10.1. The number of fused-ring (bicyclic) bond motifs is 1. The van der Waals surface area contributed by atoms with Gasteiger partial charge in [0.05, 0.1) is 11.1 Å². The Labute approximate surface area is 178 Å². The number of nitrogens with zero attached hydrogens (tertiary/aromatic N) is 3. The maximum absolute atomic E-state index is 13.1. The molecule has 0 radical (unpaired) electrons. The van der Waals surface area contributed by atoms with Crippen LogP contribution in [0.1, 0.15) is 12.5 Å². The highest BCUT2D eigenvalue weighted by molar-refractivity contribution is 7.98. The van der Waals surface area contributed by atoms with Gasteiger partial charge in [-0.05, 0) is 60.7 Å². The summed E-state index contributed by atoms with van der Waals surface area (Å²) in [4.78, 5) is 31.4. The second kappa shape index (κ2) is 8.59. The van der Waals surface area contributed by atoms with E-state index in [1.807, 2.05) is 54.8 Å². The van der Waals surface area contributed by atoms with Crippen molar-refractivity contribution in [1.29, 1.82) is 0 Å². The fraction of sp³-hybridized carbons (Fsp3) is 0.174. The maximum Gasteiger partial charge on any atom is 0.280 e. The largest absolute Gasteiger partial charge is 0.324 e. The molecular weight excluding hydrogens is 396 g/mol. The van der Waals surface area contributed by atoms with Crippen LogP contribution in [0.3, 0.4) is 0 Å². The Morgan fingerprint density at radius 1 is 1.10 bits per heavy atom. The summed E-state index contributed by atoms with van der Waals surface area (Å²) in [5.41, 5.74) is 2.84. The van der Waals surface area contributed by atoms with E-state index in [4.69, 9.17) is 0 Å². The lowest BCUT2D eigenvalue weighted by Gasteiger charge is -2.13. The van der Waals surface area contributed by atoms with E-state index in [0.717, 1.165) is 28.3 Å². The van der Waals surface area contributed by atoms with Gasteiger partial charge in [-0.25, -0.2) is 9.67 Å². The van der Waals surface area contributed by atoms with Crippen LogP contribution in [-0.2, 0) is 17.8 Å². The van der Waals surface area contributed by atoms with Gasteiger partial charge in [0.25, 0.3) is 5.56 Å². The third-order valence-electron chi connectivity index (χ3n) is 4.91. The van der Waals surface area contributed by atoms with Crippen LogP contribution >= 0.6 is 11.8 Å². The highest BCUT2D eigenvalue weighted by Gasteiger charge is 2.18. The van der Waals surface area contributed by atoms with Crippen LogP contribution < -0.4 is 10.9 Å². The summed E-state index contributed by atoms with van der Waals surface area (Å²) in [6.07, 6.45) is 4.47. The first-order valence-electron chi connectivity index (χ1n) is 9.70. The smallest absolute Gasteiger partial charge is 0.280 e. The van der Waals surface area contributed by atoms with E-state index in [1.165, 1.54) is 4.68 Å². The molecule has 0 atom stereocenters. The molecule has 7 heteroatoms. The van der Waals surface area contributed by atoms with E-state index in [-0.39, 0.29) is 18.0 Å². The molecule has 2 aromatic carbocycles. The molecular formula is C23H22N4O2S. The predicted octanol–water partition coefficient (Wildman–Crippen LogP) is 4.11. The molecule has 0 aliphatic rings. The van der Waals surface area contributed by atoms with E-state index in [0.29, 0.717) is 11.0 Å². The van der Waals surface area contributed by atoms with Gasteiger partial charge in [-0.3, -0.25) is 14.3 Å². The molecule has 0 aliphatic heterocycles. The minimum Gasteiger partial charge on any atom is -0.324 e. The van der Waals surface area contributed by atoms with Gasteiger partial charge in [0.2, 0.25) is 5.91 Å². The zero-order chi connectivity index (χ0) is 21.1. The minimum absolute atomic E-state index is 0.0321. The Bertz CT molecular complexity index is 1280. The van der Waals surface area contributed by atoms with Gasteiger partial charge in [0.15, 0.2) is 5.65 Å². The van der Waals surface area contributed by atoms with Crippen molar-refractivity contribution < 1.29 is 4.79 Å². The van der Waals surface area contributed by atoms with Gasteiger partial charge in [0.1, 0.15) is 6.54 Å². The van der Waals surface area contributed by atoms with Crippen molar-refractivity contribution in [2.24, 2.45) is 0 Å². The molecule has 2 heterocycles. The number of carbonyl (C=O) groups is 1. The van der Waals surface area contributed by atoms with E-state index in [1.54, 1.807) is 34.8 Å². The molecule has 0 saturated carbocycles. The Morgan fingerprint density at radius 3 is 2.73 bits per heavy atom. The average molecular weight is 419 g/mol. The molecule has 4 rings (SSSR count). The highest BCUT2D eigenvalue weighted by atomic mass is 32.2. The van der Waals surface area contributed by atoms with E-state index in [2.05, 4.69) is 17.2 Å². The summed E-state index contributed by atoms with van der Waals surface area (Å²) in [7, 11) is 0. The molecule has 152 valence electrons. The number of anilines is 1. The average Bonchev–Trinajstić information content (AvgIpc) is 3.05. The zero-order valence-corrected chi connectivity index (χ0v) is 17.6. The molecule has 0 fully saturated rings. The molecule has 1 N–H and O–H groups in total. The standard InChI is InChI=1S/C23H22N4O2S/c1-3-16-7-4-9-18(13-16)27-23(29)20-11-6-12-24-22(20)26(27)15-21(28)25-17-8-5-10-19(14-17)30-2/h4-14H,3,15H2,1-2H3,(H,25,28). The van der Waals surface area contributed by atoms with E-state index in [9.17, 15) is 9.59 Å². The third-order valence-corrected chi connectivity index (χ3v) is 5.63. The van der Waals surface area contributed by atoms with Gasteiger partial charge in [-0.15, -0.1) is 11.8 Å². The van der Waals surface area contributed by atoms with Crippen LogP contribution in [0, 0.1) is 0 Å². The Morgan fingerprint density at radius 2 is 1.93 bits per heavy atom. The van der Waals surface area contributed by atoms with Crippen molar-refractivity contribution in [3.8, 4) is 5.69 Å². The summed E-state index contributed by atoms with van der Waals surface area (Å²) in [6, 6.07) is 18.9. The highest BCUT2D eigenvalue weighted by Crippen LogP contribution is 2.19. The molecule has 2 aromatic heterocycles. The van der Waals surface area contributed by atoms with Crippen molar-refractivity contribution in [3.63, 3.8) is 0 Å². The number of pyridine rings is 1. The van der Waals surface area contributed by atoms with Gasteiger partial charge in [0, 0.05) is 16.8 Å². The molecule has 0 saturated heterocycles. The summed E-state index contributed by atoms with van der Waals surface area (Å²) < 4.78 is 3.18. The zero-order valence-electron chi connectivity index (χ0n) is 16.8. The van der Waals surface area contributed by atoms with Crippen molar-refractivity contribution in [2.75, 3.05) is 11.6 Å². The number of aromatic nitrogens is 3. The number of nitrogens with one attached hydrogen (secondary N) is 1. The molecule has 0 unspecified atom stereocenters. The van der Waals surface area contributed by atoms with E-state index < -0.39 is 0 Å². The second-order valence-corrected chi connectivity index (χ2v) is 7.73. The normalized spacial score (nSPS) is 11.0. The first-order valence-corrected chi connectivity index (χ1v) is 10.9. The van der Waals surface area contributed by atoms with Crippen LogP contribution in [0.25, 0.3) is 16.7 Å². The molecule has 30 heavy (non-hydrogen) atoms. The quantitative estimate of drug-likeness (QED) is 0.479. The van der Waals surface area contributed by atoms with Crippen molar-refractivity contribution in [1.82, 2.24) is 14.3 Å².